The zero-order valence-electron chi connectivity index (χ0n) is 8.97. The molecule has 0 heterocycles. The zero-order chi connectivity index (χ0) is 10.6. The van der Waals surface area contributed by atoms with Gasteiger partial charge in [-0.15, -0.1) is 0 Å². The van der Waals surface area contributed by atoms with Crippen LogP contribution in [0.1, 0.15) is 34.6 Å². The number of hydrogen-bond acceptors (Lipinski definition) is 3. The minimum atomic E-state index is -0.507. The predicted molar refractivity (Wildman–Crippen MR) is 51.3 cm³/mol. The van der Waals surface area contributed by atoms with Crippen molar-refractivity contribution in [1.29, 1.82) is 0 Å². The van der Waals surface area contributed by atoms with E-state index in [0.717, 1.165) is 5.57 Å². The second-order valence-corrected chi connectivity index (χ2v) is 4.14. The molecule has 0 bridgehead atoms. The van der Waals surface area contributed by atoms with Crippen LogP contribution in [-0.4, -0.2) is 23.3 Å². The molecule has 0 aromatic heterocycles. The fraction of sp³-hybridized carbons (Fsp3) is 0.700. The largest absolute Gasteiger partial charge is 0.457 e. The van der Waals surface area contributed by atoms with Crippen LogP contribution in [-0.2, 0) is 9.53 Å². The van der Waals surface area contributed by atoms with Gasteiger partial charge in [0.05, 0.1) is 12.2 Å². The first kappa shape index (κ1) is 12.2. The number of ether oxygens (including phenoxy) is 1. The van der Waals surface area contributed by atoms with Gasteiger partial charge in [-0.25, -0.2) is 4.79 Å². The van der Waals surface area contributed by atoms with Crippen LogP contribution in [0.2, 0.25) is 0 Å². The maximum atomic E-state index is 11.4. The molecule has 0 aliphatic rings. The average Bonchev–Trinajstić information content (AvgIpc) is 1.82. The van der Waals surface area contributed by atoms with Crippen LogP contribution < -0.4 is 0 Å². The van der Waals surface area contributed by atoms with E-state index in [4.69, 9.17) is 9.84 Å². The highest BCUT2D eigenvalue weighted by Crippen LogP contribution is 2.12. The fourth-order valence-electron chi connectivity index (χ4n) is 0.766. The minimum Gasteiger partial charge on any atom is -0.457 e. The lowest BCUT2D eigenvalue weighted by Crippen LogP contribution is -2.26. The minimum absolute atomic E-state index is 0.267. The second kappa shape index (κ2) is 4.42. The summed E-state index contributed by atoms with van der Waals surface area (Å²) < 4.78 is 5.10. The molecule has 0 aliphatic carbocycles. The molecule has 0 aliphatic heterocycles. The number of allylic oxidation sites excluding steroid dienone is 1. The first-order valence-corrected chi connectivity index (χ1v) is 4.28. The highest BCUT2D eigenvalue weighted by atomic mass is 16.6. The van der Waals surface area contributed by atoms with E-state index in [-0.39, 0.29) is 6.61 Å². The van der Waals surface area contributed by atoms with E-state index in [2.05, 4.69) is 0 Å². The van der Waals surface area contributed by atoms with Crippen molar-refractivity contribution in [1.82, 2.24) is 0 Å². The van der Waals surface area contributed by atoms with Gasteiger partial charge in [0.1, 0.15) is 5.60 Å². The highest BCUT2D eigenvalue weighted by molar-refractivity contribution is 5.89. The molecule has 3 heteroatoms. The molecule has 0 radical (unpaired) electrons. The Balaban J connectivity index is 4.52. The molecule has 0 aromatic carbocycles. The summed E-state index contributed by atoms with van der Waals surface area (Å²) in [4.78, 5) is 11.4. The van der Waals surface area contributed by atoms with E-state index in [0.29, 0.717) is 5.57 Å². The Kier molecular flexibility index (Phi) is 4.14. The van der Waals surface area contributed by atoms with Crippen molar-refractivity contribution >= 4 is 5.97 Å². The molecule has 0 unspecified atom stereocenters. The summed E-state index contributed by atoms with van der Waals surface area (Å²) in [6.07, 6.45) is 0. The average molecular weight is 186 g/mol. The molecular formula is C10H18O3. The molecule has 0 rings (SSSR count). The fourth-order valence-corrected chi connectivity index (χ4v) is 0.766. The summed E-state index contributed by atoms with van der Waals surface area (Å²) in [5.41, 5.74) is 0.624. The summed E-state index contributed by atoms with van der Waals surface area (Å²) in [6.45, 7) is 8.67. The molecule has 0 atom stereocenters. The first-order valence-electron chi connectivity index (χ1n) is 4.28. The van der Waals surface area contributed by atoms with Gasteiger partial charge in [-0.1, -0.05) is 5.57 Å². The molecule has 0 saturated carbocycles. The third-order valence-electron chi connectivity index (χ3n) is 1.41. The maximum Gasteiger partial charge on any atom is 0.336 e. The van der Waals surface area contributed by atoms with Crippen molar-refractivity contribution in [2.75, 3.05) is 6.61 Å². The van der Waals surface area contributed by atoms with Crippen molar-refractivity contribution in [3.05, 3.63) is 11.1 Å². The first-order chi connectivity index (χ1) is 5.78. The molecule has 0 fully saturated rings. The topological polar surface area (TPSA) is 46.5 Å². The van der Waals surface area contributed by atoms with E-state index in [1.54, 1.807) is 34.6 Å². The summed E-state index contributed by atoms with van der Waals surface area (Å²) in [7, 11) is 0. The van der Waals surface area contributed by atoms with Gasteiger partial charge in [-0.05, 0) is 34.6 Å². The van der Waals surface area contributed by atoms with E-state index in [1.807, 2.05) is 0 Å². The van der Waals surface area contributed by atoms with Gasteiger partial charge in [0.15, 0.2) is 0 Å². The Morgan fingerprint density at radius 2 is 1.77 bits per heavy atom. The molecule has 0 aromatic rings. The Morgan fingerprint density at radius 1 is 1.31 bits per heavy atom. The predicted octanol–water partition coefficient (Wildman–Crippen LogP) is 1.66. The van der Waals surface area contributed by atoms with Gasteiger partial charge in [-0.2, -0.15) is 0 Å². The lowest BCUT2D eigenvalue weighted by molar-refractivity contribution is -0.150. The van der Waals surface area contributed by atoms with E-state index >= 15 is 0 Å². The van der Waals surface area contributed by atoms with Gasteiger partial charge in [0, 0.05) is 0 Å². The number of carbonyl (C=O) groups is 1. The van der Waals surface area contributed by atoms with Crippen LogP contribution in [0.15, 0.2) is 11.1 Å². The third kappa shape index (κ3) is 4.68. The van der Waals surface area contributed by atoms with Crippen molar-refractivity contribution < 1.29 is 14.6 Å². The molecule has 1 N–H and O–H groups in total. The van der Waals surface area contributed by atoms with Crippen LogP contribution in [0.25, 0.3) is 0 Å². The summed E-state index contributed by atoms with van der Waals surface area (Å²) in [5.74, 6) is -0.435. The Labute approximate surface area is 79.4 Å². The molecule has 0 saturated heterocycles. The van der Waals surface area contributed by atoms with Gasteiger partial charge in [0.25, 0.3) is 0 Å². The number of carbonyl (C=O) groups excluding carboxylic acids is 1. The van der Waals surface area contributed by atoms with Crippen LogP contribution in [0, 0.1) is 0 Å². The van der Waals surface area contributed by atoms with Crippen LogP contribution >= 0.6 is 0 Å². The molecular weight excluding hydrogens is 168 g/mol. The van der Waals surface area contributed by atoms with E-state index < -0.39 is 11.6 Å². The molecule has 13 heavy (non-hydrogen) atoms. The standard InChI is InChI=1S/C10H18O3/c1-7(2)8(6-11)9(12)13-10(3,4)5/h11H,6H2,1-5H3. The van der Waals surface area contributed by atoms with Crippen LogP contribution in [0.5, 0.6) is 0 Å². The second-order valence-electron chi connectivity index (χ2n) is 4.14. The number of hydrogen-bond donors (Lipinski definition) is 1. The Bertz CT molecular complexity index is 217. The third-order valence-corrected chi connectivity index (χ3v) is 1.41. The SMILES string of the molecule is CC(C)=C(CO)C(=O)OC(C)(C)C. The van der Waals surface area contributed by atoms with Crippen LogP contribution in [0.4, 0.5) is 0 Å². The quantitative estimate of drug-likeness (QED) is 0.527. The van der Waals surface area contributed by atoms with Crippen molar-refractivity contribution in [3.63, 3.8) is 0 Å². The van der Waals surface area contributed by atoms with Gasteiger partial charge in [-0.3, -0.25) is 0 Å². The van der Waals surface area contributed by atoms with Gasteiger partial charge < -0.3 is 9.84 Å². The number of rotatable bonds is 2. The molecule has 0 spiro atoms. The van der Waals surface area contributed by atoms with Crippen molar-refractivity contribution in [2.24, 2.45) is 0 Å². The Hall–Kier alpha value is -0.830. The molecule has 3 nitrogen and oxygen atoms in total. The Morgan fingerprint density at radius 3 is 2.00 bits per heavy atom. The van der Waals surface area contributed by atoms with Gasteiger partial charge >= 0.3 is 5.97 Å². The van der Waals surface area contributed by atoms with Crippen LogP contribution in [0.3, 0.4) is 0 Å². The monoisotopic (exact) mass is 186 g/mol. The molecule has 0 amide bonds. The molecule has 76 valence electrons. The zero-order valence-corrected chi connectivity index (χ0v) is 8.97. The number of esters is 1. The van der Waals surface area contributed by atoms with Gasteiger partial charge in [0.2, 0.25) is 0 Å². The van der Waals surface area contributed by atoms with Crippen molar-refractivity contribution in [2.45, 2.75) is 40.2 Å². The lowest BCUT2D eigenvalue weighted by Gasteiger charge is -2.20. The smallest absolute Gasteiger partial charge is 0.336 e. The number of aliphatic hydroxyl groups excluding tert-OH is 1. The maximum absolute atomic E-state index is 11.4. The lowest BCUT2D eigenvalue weighted by atomic mass is 10.1. The van der Waals surface area contributed by atoms with Crippen molar-refractivity contribution in [3.8, 4) is 0 Å². The summed E-state index contributed by atoms with van der Waals surface area (Å²) in [5, 5.41) is 8.90. The normalized spacial score (nSPS) is 10.9. The highest BCUT2D eigenvalue weighted by Gasteiger charge is 2.19. The summed E-state index contributed by atoms with van der Waals surface area (Å²) in [6, 6.07) is 0. The number of aliphatic hydroxyl groups is 1. The van der Waals surface area contributed by atoms with E-state index in [1.165, 1.54) is 0 Å². The van der Waals surface area contributed by atoms with E-state index in [9.17, 15) is 4.79 Å². The summed E-state index contributed by atoms with van der Waals surface area (Å²) >= 11 is 0.